The largest absolute Gasteiger partial charge is 0.508 e. The van der Waals surface area contributed by atoms with Gasteiger partial charge >= 0.3 is 11.9 Å². The number of amides is 1. The number of aromatic hydroxyl groups is 4. The van der Waals surface area contributed by atoms with E-state index in [0.29, 0.717) is 4.90 Å². The molecular weight excluding hydrogens is 362 g/mol. The van der Waals surface area contributed by atoms with Gasteiger partial charge in [-0.25, -0.2) is 0 Å². The van der Waals surface area contributed by atoms with Gasteiger partial charge in [0.25, 0.3) is 5.91 Å². The summed E-state index contributed by atoms with van der Waals surface area (Å²) in [4.78, 5) is 35.5. The van der Waals surface area contributed by atoms with E-state index in [1.807, 2.05) is 0 Å². The monoisotopic (exact) mass is 377 g/mol. The van der Waals surface area contributed by atoms with Crippen molar-refractivity contribution in [2.24, 2.45) is 0 Å². The average molecular weight is 377 g/mol. The van der Waals surface area contributed by atoms with Gasteiger partial charge in [-0.05, 0) is 24.3 Å². The molecule has 0 atom stereocenters. The van der Waals surface area contributed by atoms with Gasteiger partial charge in [0.15, 0.2) is 11.5 Å². The lowest BCUT2D eigenvalue weighted by atomic mass is 10.0. The van der Waals surface area contributed by atoms with Crippen molar-refractivity contribution in [3.05, 3.63) is 41.5 Å². The second kappa shape index (κ2) is 7.52. The third-order valence-corrected chi connectivity index (χ3v) is 3.55. The molecule has 10 heteroatoms. The molecule has 0 unspecified atom stereocenters. The number of rotatable bonds is 6. The van der Waals surface area contributed by atoms with E-state index in [2.05, 4.69) is 0 Å². The van der Waals surface area contributed by atoms with Crippen molar-refractivity contribution in [2.45, 2.75) is 6.42 Å². The fourth-order valence-corrected chi connectivity index (χ4v) is 2.38. The molecule has 0 spiro atoms. The van der Waals surface area contributed by atoms with Gasteiger partial charge in [-0.2, -0.15) is 0 Å². The van der Waals surface area contributed by atoms with Crippen LogP contribution in [0, 0.1) is 0 Å². The lowest BCUT2D eigenvalue weighted by Crippen LogP contribution is -2.35. The van der Waals surface area contributed by atoms with Crippen molar-refractivity contribution in [3.8, 4) is 23.0 Å². The molecule has 0 fully saturated rings. The zero-order chi connectivity index (χ0) is 20.3. The Morgan fingerprint density at radius 1 is 0.852 bits per heavy atom. The number of anilines is 1. The predicted molar refractivity (Wildman–Crippen MR) is 90.2 cm³/mol. The molecule has 10 nitrogen and oxygen atoms in total. The van der Waals surface area contributed by atoms with Crippen LogP contribution in [0.1, 0.15) is 15.9 Å². The Labute approximate surface area is 151 Å². The van der Waals surface area contributed by atoms with E-state index in [0.717, 1.165) is 30.3 Å². The molecule has 0 aromatic heterocycles. The average Bonchev–Trinajstić information content (AvgIpc) is 2.57. The normalized spacial score (nSPS) is 10.4. The minimum Gasteiger partial charge on any atom is -0.508 e. The molecule has 0 saturated carbocycles. The fourth-order valence-electron chi connectivity index (χ4n) is 2.38. The van der Waals surface area contributed by atoms with E-state index >= 15 is 0 Å². The maximum atomic E-state index is 12.8. The predicted octanol–water partition coefficient (Wildman–Crippen LogP) is 0.867. The Kier molecular flexibility index (Phi) is 5.40. The molecule has 0 aliphatic carbocycles. The molecule has 0 saturated heterocycles. The second-order valence-corrected chi connectivity index (χ2v) is 5.53. The summed E-state index contributed by atoms with van der Waals surface area (Å²) in [7, 11) is 0. The number of aliphatic carboxylic acids is 2. The van der Waals surface area contributed by atoms with Crippen molar-refractivity contribution in [2.75, 3.05) is 11.4 Å². The number of carboxylic acids is 2. The topological polar surface area (TPSA) is 176 Å². The van der Waals surface area contributed by atoms with Crippen LogP contribution < -0.4 is 4.90 Å². The molecule has 1 amide bonds. The van der Waals surface area contributed by atoms with E-state index in [4.69, 9.17) is 10.2 Å². The quantitative estimate of drug-likeness (QED) is 0.315. The smallest absolute Gasteiger partial charge is 0.323 e. The Bertz CT molecular complexity index is 923. The molecule has 6 N–H and O–H groups in total. The highest BCUT2D eigenvalue weighted by molar-refractivity contribution is 6.10. The molecule has 0 radical (unpaired) electrons. The summed E-state index contributed by atoms with van der Waals surface area (Å²) < 4.78 is 0. The first-order chi connectivity index (χ1) is 12.6. The molecule has 27 heavy (non-hydrogen) atoms. The van der Waals surface area contributed by atoms with Crippen LogP contribution in [0.4, 0.5) is 5.69 Å². The van der Waals surface area contributed by atoms with Gasteiger partial charge in [-0.15, -0.1) is 0 Å². The van der Waals surface area contributed by atoms with Crippen LogP contribution in [0.25, 0.3) is 0 Å². The van der Waals surface area contributed by atoms with Crippen molar-refractivity contribution in [3.63, 3.8) is 0 Å². The number of carbonyl (C=O) groups is 3. The first-order valence-electron chi connectivity index (χ1n) is 7.42. The van der Waals surface area contributed by atoms with E-state index < -0.39 is 59.4 Å². The maximum Gasteiger partial charge on any atom is 0.323 e. The molecule has 2 rings (SSSR count). The van der Waals surface area contributed by atoms with Crippen LogP contribution >= 0.6 is 0 Å². The standard InChI is InChI=1S/C17H15NO9/c19-10-3-8(4-14(22)23)16(26)11(6-10)17(27)18(7-15(24)25)9-1-2-12(20)13(21)5-9/h1-3,5-6,19-21,26H,4,7H2,(H,22,23)(H,24,25). The Balaban J connectivity index is 2.55. The molecule has 0 bridgehead atoms. The summed E-state index contributed by atoms with van der Waals surface area (Å²) in [6.45, 7) is -0.869. The number of nitrogens with zero attached hydrogens (tertiary/aromatic N) is 1. The number of phenolic OH excluding ortho intramolecular Hbond substituents is 4. The van der Waals surface area contributed by atoms with Gasteiger partial charge in [-0.1, -0.05) is 0 Å². The summed E-state index contributed by atoms with van der Waals surface area (Å²) in [5.41, 5.74) is -0.880. The first-order valence-corrected chi connectivity index (χ1v) is 7.42. The maximum absolute atomic E-state index is 12.8. The summed E-state index contributed by atoms with van der Waals surface area (Å²) >= 11 is 0. The first kappa shape index (κ1) is 19.4. The highest BCUT2D eigenvalue weighted by Crippen LogP contribution is 2.33. The number of hydrogen-bond acceptors (Lipinski definition) is 7. The number of phenols is 4. The summed E-state index contributed by atoms with van der Waals surface area (Å²) in [5.74, 6) is -6.13. The number of carbonyl (C=O) groups excluding carboxylic acids is 1. The third kappa shape index (κ3) is 4.37. The van der Waals surface area contributed by atoms with Crippen molar-refractivity contribution in [1.29, 1.82) is 0 Å². The summed E-state index contributed by atoms with van der Waals surface area (Å²) in [5, 5.41) is 56.8. The molecule has 0 aliphatic heterocycles. The minimum absolute atomic E-state index is 0.111. The third-order valence-electron chi connectivity index (χ3n) is 3.55. The van der Waals surface area contributed by atoms with E-state index in [-0.39, 0.29) is 11.3 Å². The van der Waals surface area contributed by atoms with Crippen molar-refractivity contribution >= 4 is 23.5 Å². The second-order valence-electron chi connectivity index (χ2n) is 5.53. The lowest BCUT2D eigenvalue weighted by Gasteiger charge is -2.22. The molecular formula is C17H15NO9. The van der Waals surface area contributed by atoms with Gasteiger partial charge in [-0.3, -0.25) is 19.3 Å². The zero-order valence-corrected chi connectivity index (χ0v) is 13.7. The van der Waals surface area contributed by atoms with Gasteiger partial charge in [0.1, 0.15) is 18.0 Å². The molecule has 2 aromatic rings. The van der Waals surface area contributed by atoms with Crippen LogP contribution in [-0.4, -0.2) is 55.0 Å². The number of hydrogen-bond donors (Lipinski definition) is 6. The SMILES string of the molecule is O=C(O)Cc1cc(O)cc(C(=O)N(CC(=O)O)c2ccc(O)c(O)c2)c1O. The molecule has 2 aromatic carbocycles. The van der Waals surface area contributed by atoms with Crippen LogP contribution in [-0.2, 0) is 16.0 Å². The Morgan fingerprint density at radius 2 is 1.52 bits per heavy atom. The minimum atomic E-state index is -1.42. The molecule has 0 heterocycles. The van der Waals surface area contributed by atoms with Crippen molar-refractivity contribution in [1.82, 2.24) is 0 Å². The zero-order valence-electron chi connectivity index (χ0n) is 13.7. The highest BCUT2D eigenvalue weighted by atomic mass is 16.4. The Morgan fingerprint density at radius 3 is 2.07 bits per heavy atom. The summed E-state index contributed by atoms with van der Waals surface area (Å²) in [6.07, 6.45) is -0.681. The van der Waals surface area contributed by atoms with Crippen LogP contribution in [0.2, 0.25) is 0 Å². The summed E-state index contributed by atoms with van der Waals surface area (Å²) in [6, 6.07) is 4.96. The Hall–Kier alpha value is -3.95. The number of benzene rings is 2. The van der Waals surface area contributed by atoms with Gasteiger partial charge in [0, 0.05) is 17.3 Å². The van der Waals surface area contributed by atoms with Crippen LogP contribution in [0.15, 0.2) is 30.3 Å². The van der Waals surface area contributed by atoms with Gasteiger partial charge < -0.3 is 30.6 Å². The van der Waals surface area contributed by atoms with E-state index in [9.17, 15) is 34.8 Å². The lowest BCUT2D eigenvalue weighted by molar-refractivity contribution is -0.136. The van der Waals surface area contributed by atoms with E-state index in [1.54, 1.807) is 0 Å². The molecule has 142 valence electrons. The van der Waals surface area contributed by atoms with Crippen molar-refractivity contribution < 1.29 is 45.0 Å². The van der Waals surface area contributed by atoms with Crippen LogP contribution in [0.5, 0.6) is 23.0 Å². The fraction of sp³-hybridized carbons (Fsp3) is 0.118. The van der Waals surface area contributed by atoms with E-state index in [1.165, 1.54) is 0 Å². The number of carboxylic acid groups (broad SMARTS) is 2. The van der Waals surface area contributed by atoms with Gasteiger partial charge in [0.05, 0.1) is 12.0 Å². The van der Waals surface area contributed by atoms with Crippen LogP contribution in [0.3, 0.4) is 0 Å². The van der Waals surface area contributed by atoms with Gasteiger partial charge in [0.2, 0.25) is 0 Å². The highest BCUT2D eigenvalue weighted by Gasteiger charge is 2.26. The molecule has 0 aliphatic rings.